The Morgan fingerprint density at radius 2 is 1.62 bits per heavy atom. The summed E-state index contributed by atoms with van der Waals surface area (Å²) in [7, 11) is 4.10. The van der Waals surface area contributed by atoms with E-state index in [4.69, 9.17) is 0 Å². The molecule has 5 heteroatoms. The molecule has 0 saturated carbocycles. The predicted octanol–water partition coefficient (Wildman–Crippen LogP) is 2.81. The maximum atomic E-state index is 4.26. The van der Waals surface area contributed by atoms with Crippen LogP contribution in [0.25, 0.3) is 0 Å². The number of benzene rings is 1. The summed E-state index contributed by atoms with van der Waals surface area (Å²) in [5.74, 6) is 1.63. The summed E-state index contributed by atoms with van der Waals surface area (Å²) in [4.78, 5) is 10.6. The lowest BCUT2D eigenvalue weighted by Crippen LogP contribution is -2.21. The SMILES string of the molecule is Cc1cc(C)cc(Nc2cc(NCCN(C)C)ncn2)c1. The van der Waals surface area contributed by atoms with Crippen LogP contribution in [0, 0.1) is 13.8 Å². The van der Waals surface area contributed by atoms with Crippen LogP contribution in [0.4, 0.5) is 17.3 Å². The monoisotopic (exact) mass is 285 g/mol. The van der Waals surface area contributed by atoms with Gasteiger partial charge < -0.3 is 15.5 Å². The van der Waals surface area contributed by atoms with Gasteiger partial charge in [0.05, 0.1) is 0 Å². The molecule has 21 heavy (non-hydrogen) atoms. The van der Waals surface area contributed by atoms with Crippen LogP contribution in [0.5, 0.6) is 0 Å². The van der Waals surface area contributed by atoms with Gasteiger partial charge in [0.15, 0.2) is 0 Å². The molecule has 0 amide bonds. The molecule has 0 aliphatic heterocycles. The first-order valence-corrected chi connectivity index (χ1v) is 7.09. The van der Waals surface area contributed by atoms with Crippen LogP contribution >= 0.6 is 0 Å². The Morgan fingerprint density at radius 1 is 0.952 bits per heavy atom. The second kappa shape index (κ2) is 7.04. The van der Waals surface area contributed by atoms with E-state index in [9.17, 15) is 0 Å². The molecule has 0 fully saturated rings. The van der Waals surface area contributed by atoms with E-state index >= 15 is 0 Å². The minimum absolute atomic E-state index is 0.794. The molecular formula is C16H23N5. The van der Waals surface area contributed by atoms with E-state index in [0.29, 0.717) is 0 Å². The highest BCUT2D eigenvalue weighted by molar-refractivity contribution is 5.60. The third kappa shape index (κ3) is 5.04. The van der Waals surface area contributed by atoms with Gasteiger partial charge in [-0.15, -0.1) is 0 Å². The number of nitrogens with zero attached hydrogens (tertiary/aromatic N) is 3. The van der Waals surface area contributed by atoms with Crippen molar-refractivity contribution in [2.45, 2.75) is 13.8 Å². The third-order valence-electron chi connectivity index (χ3n) is 3.03. The van der Waals surface area contributed by atoms with Crippen molar-refractivity contribution >= 4 is 17.3 Å². The Balaban J connectivity index is 2.03. The molecule has 1 aromatic heterocycles. The molecule has 0 unspecified atom stereocenters. The summed E-state index contributed by atoms with van der Waals surface area (Å²) in [6.07, 6.45) is 1.57. The van der Waals surface area contributed by atoms with Gasteiger partial charge in [-0.25, -0.2) is 9.97 Å². The van der Waals surface area contributed by atoms with E-state index in [1.807, 2.05) is 6.07 Å². The molecule has 2 rings (SSSR count). The summed E-state index contributed by atoms with van der Waals surface area (Å²) in [6.45, 7) is 6.00. The molecule has 1 heterocycles. The Bertz CT molecular complexity index is 575. The van der Waals surface area contributed by atoms with Crippen molar-refractivity contribution in [1.29, 1.82) is 0 Å². The highest BCUT2D eigenvalue weighted by atomic mass is 15.1. The summed E-state index contributed by atoms with van der Waals surface area (Å²) in [5, 5.41) is 6.62. The molecular weight excluding hydrogens is 262 g/mol. The zero-order valence-corrected chi connectivity index (χ0v) is 13.1. The van der Waals surface area contributed by atoms with Gasteiger partial charge in [-0.05, 0) is 51.2 Å². The van der Waals surface area contributed by atoms with Crippen molar-refractivity contribution < 1.29 is 0 Å². The molecule has 112 valence electrons. The van der Waals surface area contributed by atoms with Gasteiger partial charge in [-0.1, -0.05) is 6.07 Å². The first kappa shape index (κ1) is 15.3. The Hall–Kier alpha value is -2.14. The van der Waals surface area contributed by atoms with Gasteiger partial charge in [-0.3, -0.25) is 0 Å². The van der Waals surface area contributed by atoms with E-state index in [2.05, 4.69) is 71.6 Å². The summed E-state index contributed by atoms with van der Waals surface area (Å²) in [5.41, 5.74) is 3.51. The van der Waals surface area contributed by atoms with Crippen LogP contribution in [-0.2, 0) is 0 Å². The van der Waals surface area contributed by atoms with Crippen molar-refractivity contribution in [1.82, 2.24) is 14.9 Å². The molecule has 0 radical (unpaired) electrons. The van der Waals surface area contributed by atoms with Crippen LogP contribution in [0.1, 0.15) is 11.1 Å². The lowest BCUT2D eigenvalue weighted by molar-refractivity contribution is 0.425. The fraction of sp³-hybridized carbons (Fsp3) is 0.375. The topological polar surface area (TPSA) is 53.1 Å². The largest absolute Gasteiger partial charge is 0.369 e. The molecule has 0 atom stereocenters. The number of likely N-dealkylation sites (N-methyl/N-ethyl adjacent to an activating group) is 1. The van der Waals surface area contributed by atoms with E-state index in [1.165, 1.54) is 11.1 Å². The Labute approximate surface area is 126 Å². The number of nitrogens with one attached hydrogen (secondary N) is 2. The minimum Gasteiger partial charge on any atom is -0.369 e. The summed E-state index contributed by atoms with van der Waals surface area (Å²) < 4.78 is 0. The zero-order valence-electron chi connectivity index (χ0n) is 13.1. The van der Waals surface area contributed by atoms with Crippen molar-refractivity contribution in [3.05, 3.63) is 41.7 Å². The smallest absolute Gasteiger partial charge is 0.135 e. The summed E-state index contributed by atoms with van der Waals surface area (Å²) >= 11 is 0. The van der Waals surface area contributed by atoms with Gasteiger partial charge in [0.2, 0.25) is 0 Å². The van der Waals surface area contributed by atoms with Gasteiger partial charge in [0, 0.05) is 24.8 Å². The Kier molecular flexibility index (Phi) is 5.11. The third-order valence-corrected chi connectivity index (χ3v) is 3.03. The van der Waals surface area contributed by atoms with Crippen molar-refractivity contribution in [3.63, 3.8) is 0 Å². The van der Waals surface area contributed by atoms with E-state index in [-0.39, 0.29) is 0 Å². The van der Waals surface area contributed by atoms with Crippen molar-refractivity contribution in [3.8, 4) is 0 Å². The molecule has 0 spiro atoms. The second-order valence-electron chi connectivity index (χ2n) is 5.52. The fourth-order valence-corrected chi connectivity index (χ4v) is 2.12. The predicted molar refractivity (Wildman–Crippen MR) is 88.3 cm³/mol. The Morgan fingerprint density at radius 3 is 2.29 bits per heavy atom. The lowest BCUT2D eigenvalue weighted by atomic mass is 10.1. The molecule has 2 aromatic rings. The van der Waals surface area contributed by atoms with Crippen molar-refractivity contribution in [2.24, 2.45) is 0 Å². The molecule has 0 bridgehead atoms. The zero-order chi connectivity index (χ0) is 15.2. The normalized spacial score (nSPS) is 10.7. The van der Waals surface area contributed by atoms with E-state index < -0.39 is 0 Å². The quantitative estimate of drug-likeness (QED) is 0.855. The highest BCUT2D eigenvalue weighted by Gasteiger charge is 2.01. The molecule has 0 aliphatic carbocycles. The number of anilines is 3. The fourth-order valence-electron chi connectivity index (χ4n) is 2.12. The van der Waals surface area contributed by atoms with Crippen LogP contribution in [0.15, 0.2) is 30.6 Å². The standard InChI is InChI=1S/C16H23N5/c1-12-7-13(2)9-14(8-12)20-16-10-15(18-11-19-16)17-5-6-21(3)4/h7-11H,5-6H2,1-4H3,(H2,17,18,19,20). The molecule has 2 N–H and O–H groups in total. The average Bonchev–Trinajstić information content (AvgIpc) is 2.37. The first-order valence-electron chi connectivity index (χ1n) is 7.09. The van der Waals surface area contributed by atoms with E-state index in [0.717, 1.165) is 30.4 Å². The van der Waals surface area contributed by atoms with Crippen LogP contribution < -0.4 is 10.6 Å². The number of hydrogen-bond acceptors (Lipinski definition) is 5. The summed E-state index contributed by atoms with van der Waals surface area (Å²) in [6, 6.07) is 8.29. The molecule has 5 nitrogen and oxygen atoms in total. The average molecular weight is 285 g/mol. The number of aryl methyl sites for hydroxylation is 2. The van der Waals surface area contributed by atoms with Gasteiger partial charge in [-0.2, -0.15) is 0 Å². The van der Waals surface area contributed by atoms with Crippen LogP contribution in [0.2, 0.25) is 0 Å². The molecule has 0 saturated heterocycles. The van der Waals surface area contributed by atoms with Crippen molar-refractivity contribution in [2.75, 3.05) is 37.8 Å². The number of rotatable bonds is 6. The minimum atomic E-state index is 0.794. The first-order chi connectivity index (χ1) is 10.0. The molecule has 1 aromatic carbocycles. The van der Waals surface area contributed by atoms with E-state index in [1.54, 1.807) is 6.33 Å². The van der Waals surface area contributed by atoms with Gasteiger partial charge in [0.1, 0.15) is 18.0 Å². The van der Waals surface area contributed by atoms with Gasteiger partial charge in [0.25, 0.3) is 0 Å². The second-order valence-corrected chi connectivity index (χ2v) is 5.52. The highest BCUT2D eigenvalue weighted by Crippen LogP contribution is 2.19. The number of aromatic nitrogens is 2. The lowest BCUT2D eigenvalue weighted by Gasteiger charge is -2.12. The molecule has 0 aliphatic rings. The van der Waals surface area contributed by atoms with Crippen LogP contribution in [0.3, 0.4) is 0 Å². The maximum Gasteiger partial charge on any atom is 0.135 e. The number of hydrogen-bond donors (Lipinski definition) is 2. The van der Waals surface area contributed by atoms with Crippen LogP contribution in [-0.4, -0.2) is 42.1 Å². The van der Waals surface area contributed by atoms with Gasteiger partial charge >= 0.3 is 0 Å². The maximum absolute atomic E-state index is 4.26.